The number of rotatable bonds is 5. The van der Waals surface area contributed by atoms with Gasteiger partial charge < -0.3 is 4.90 Å². The van der Waals surface area contributed by atoms with Gasteiger partial charge in [-0.1, -0.05) is 23.2 Å². The van der Waals surface area contributed by atoms with E-state index in [1.807, 2.05) is 13.0 Å². The Bertz CT molecular complexity index is 1070. The van der Waals surface area contributed by atoms with Crippen molar-refractivity contribution in [3.05, 3.63) is 56.9 Å². The Balaban J connectivity index is 1.65. The van der Waals surface area contributed by atoms with Gasteiger partial charge in [0.05, 0.1) is 16.8 Å². The lowest BCUT2D eigenvalue weighted by atomic mass is 10.1. The minimum absolute atomic E-state index is 0.201. The van der Waals surface area contributed by atoms with E-state index in [0.717, 1.165) is 49.9 Å². The Labute approximate surface area is 184 Å². The summed E-state index contributed by atoms with van der Waals surface area (Å²) in [7, 11) is -3.80. The molecule has 30 heavy (non-hydrogen) atoms. The molecule has 11 heteroatoms. The number of aryl methyl sites for hydroxylation is 1. The molecule has 1 aromatic heterocycles. The van der Waals surface area contributed by atoms with Crippen molar-refractivity contribution in [1.29, 1.82) is 0 Å². The van der Waals surface area contributed by atoms with Gasteiger partial charge in [0, 0.05) is 43.9 Å². The maximum Gasteiger partial charge on any atom is 0.267 e. The first-order chi connectivity index (χ1) is 14.0. The van der Waals surface area contributed by atoms with Crippen LogP contribution in [0.5, 0.6) is 0 Å². The first kappa shape index (κ1) is 22.7. The van der Waals surface area contributed by atoms with Crippen LogP contribution in [0, 0.1) is 12.7 Å². The van der Waals surface area contributed by atoms with Gasteiger partial charge in [-0.15, -0.1) is 0 Å². The number of hydrogen-bond acceptors (Lipinski definition) is 6. The average molecular weight is 475 g/mol. The molecule has 3 rings (SSSR count). The van der Waals surface area contributed by atoms with Gasteiger partial charge in [0.25, 0.3) is 5.91 Å². The first-order valence-electron chi connectivity index (χ1n) is 9.13. The van der Waals surface area contributed by atoms with Crippen LogP contribution in [-0.2, 0) is 16.6 Å². The van der Waals surface area contributed by atoms with E-state index in [2.05, 4.69) is 14.8 Å². The summed E-state index contributed by atoms with van der Waals surface area (Å²) >= 11 is 12.3. The minimum atomic E-state index is -3.80. The standard InChI is InChI=1S/C19H21Cl2FN4O3S/c1-12-7-18(23-10-16(12)21)26-5-3-25(4-6-26)11-13-8-17(22)14(9-15(13)20)19(27)24-30(2,28)29/h7-10H,3-6,11H2,1-2H3,(H,24,27). The van der Waals surface area contributed by atoms with Crippen molar-refractivity contribution in [2.45, 2.75) is 13.5 Å². The highest BCUT2D eigenvalue weighted by atomic mass is 35.5. The second-order valence-corrected chi connectivity index (χ2v) is 9.74. The molecular weight excluding hydrogens is 454 g/mol. The lowest BCUT2D eigenvalue weighted by molar-refractivity contribution is 0.0977. The summed E-state index contributed by atoms with van der Waals surface area (Å²) < 4.78 is 38.5. The quantitative estimate of drug-likeness (QED) is 0.717. The van der Waals surface area contributed by atoms with E-state index in [9.17, 15) is 17.6 Å². The largest absolute Gasteiger partial charge is 0.354 e. The van der Waals surface area contributed by atoms with Crippen LogP contribution in [0.1, 0.15) is 21.5 Å². The summed E-state index contributed by atoms with van der Waals surface area (Å²) in [6, 6.07) is 4.28. The predicted octanol–water partition coefficient (Wildman–Crippen LogP) is 2.85. The van der Waals surface area contributed by atoms with Crippen LogP contribution in [0.15, 0.2) is 24.4 Å². The van der Waals surface area contributed by atoms with Crippen LogP contribution < -0.4 is 9.62 Å². The molecule has 0 unspecified atom stereocenters. The molecule has 2 aromatic rings. The van der Waals surface area contributed by atoms with Crippen LogP contribution >= 0.6 is 23.2 Å². The number of sulfonamides is 1. The predicted molar refractivity (Wildman–Crippen MR) is 115 cm³/mol. The maximum absolute atomic E-state index is 14.4. The van der Waals surface area contributed by atoms with E-state index < -0.39 is 27.3 Å². The van der Waals surface area contributed by atoms with Crippen molar-refractivity contribution in [3.63, 3.8) is 0 Å². The second kappa shape index (κ2) is 9.05. The van der Waals surface area contributed by atoms with Gasteiger partial charge in [-0.25, -0.2) is 22.5 Å². The summed E-state index contributed by atoms with van der Waals surface area (Å²) in [4.78, 5) is 20.6. The van der Waals surface area contributed by atoms with E-state index in [1.165, 1.54) is 6.07 Å². The van der Waals surface area contributed by atoms with E-state index in [4.69, 9.17) is 23.2 Å². The zero-order valence-electron chi connectivity index (χ0n) is 16.5. The van der Waals surface area contributed by atoms with E-state index >= 15 is 0 Å². The van der Waals surface area contributed by atoms with E-state index in [1.54, 1.807) is 10.9 Å². The normalized spacial score (nSPS) is 15.3. The third-order valence-electron chi connectivity index (χ3n) is 4.78. The van der Waals surface area contributed by atoms with Crippen LogP contribution in [0.2, 0.25) is 10.0 Å². The molecule has 162 valence electrons. The van der Waals surface area contributed by atoms with Crippen LogP contribution in [-0.4, -0.2) is 56.6 Å². The molecule has 1 saturated heterocycles. The molecule has 1 N–H and O–H groups in total. The fraction of sp³-hybridized carbons (Fsp3) is 0.368. The third kappa shape index (κ3) is 5.60. The number of nitrogens with zero attached hydrogens (tertiary/aromatic N) is 3. The van der Waals surface area contributed by atoms with Crippen molar-refractivity contribution in [2.75, 3.05) is 37.3 Å². The summed E-state index contributed by atoms with van der Waals surface area (Å²) in [6.07, 6.45) is 2.46. The molecule has 1 aromatic carbocycles. The number of carbonyl (C=O) groups is 1. The number of nitrogens with one attached hydrogen (secondary N) is 1. The molecule has 0 saturated carbocycles. The van der Waals surface area contributed by atoms with Gasteiger partial charge in [0.1, 0.15) is 11.6 Å². The number of halogens is 3. The zero-order chi connectivity index (χ0) is 22.1. The van der Waals surface area contributed by atoms with Gasteiger partial charge in [0.15, 0.2) is 0 Å². The van der Waals surface area contributed by atoms with E-state index in [-0.39, 0.29) is 5.02 Å². The van der Waals surface area contributed by atoms with Crippen molar-refractivity contribution < 1.29 is 17.6 Å². The molecule has 2 heterocycles. The number of anilines is 1. The monoisotopic (exact) mass is 474 g/mol. The lowest BCUT2D eigenvalue weighted by Crippen LogP contribution is -2.46. The molecular formula is C19H21Cl2FN4O3S. The fourth-order valence-electron chi connectivity index (χ4n) is 3.18. The number of piperazine rings is 1. The molecule has 0 spiro atoms. The van der Waals surface area contributed by atoms with Crippen molar-refractivity contribution in [1.82, 2.24) is 14.6 Å². The van der Waals surface area contributed by atoms with Crippen molar-refractivity contribution in [3.8, 4) is 0 Å². The SMILES string of the molecule is Cc1cc(N2CCN(Cc3cc(F)c(C(=O)NS(C)(=O)=O)cc3Cl)CC2)ncc1Cl. The second-order valence-electron chi connectivity index (χ2n) is 7.18. The van der Waals surface area contributed by atoms with Gasteiger partial charge in [-0.05, 0) is 36.2 Å². The Morgan fingerprint density at radius 2 is 1.83 bits per heavy atom. The Morgan fingerprint density at radius 1 is 1.17 bits per heavy atom. The number of hydrogen-bond donors (Lipinski definition) is 1. The van der Waals surface area contributed by atoms with Gasteiger partial charge in [-0.2, -0.15) is 0 Å². The summed E-state index contributed by atoms with van der Waals surface area (Å²) in [6.45, 7) is 5.26. The molecule has 0 bridgehead atoms. The maximum atomic E-state index is 14.4. The Kier molecular flexibility index (Phi) is 6.86. The molecule has 1 fully saturated rings. The Hall–Kier alpha value is -1.94. The topological polar surface area (TPSA) is 82.6 Å². The molecule has 1 aliphatic heterocycles. The lowest BCUT2D eigenvalue weighted by Gasteiger charge is -2.35. The van der Waals surface area contributed by atoms with Crippen LogP contribution in [0.4, 0.5) is 10.2 Å². The number of pyridine rings is 1. The van der Waals surface area contributed by atoms with Gasteiger partial charge in [0.2, 0.25) is 10.0 Å². The Morgan fingerprint density at radius 3 is 2.43 bits per heavy atom. The van der Waals surface area contributed by atoms with Gasteiger partial charge in [-0.3, -0.25) is 9.69 Å². The summed E-state index contributed by atoms with van der Waals surface area (Å²) in [5.41, 5.74) is 1.08. The number of benzene rings is 1. The molecule has 1 aliphatic rings. The summed E-state index contributed by atoms with van der Waals surface area (Å²) in [5, 5.41) is 0.829. The molecule has 0 radical (unpaired) electrons. The summed E-state index contributed by atoms with van der Waals surface area (Å²) in [5.74, 6) is -1.01. The third-order valence-corrected chi connectivity index (χ3v) is 6.09. The van der Waals surface area contributed by atoms with Crippen molar-refractivity contribution >= 4 is 45.0 Å². The number of carbonyl (C=O) groups excluding carboxylic acids is 1. The highest BCUT2D eigenvalue weighted by Crippen LogP contribution is 2.24. The molecule has 0 aliphatic carbocycles. The molecule has 7 nitrogen and oxygen atoms in total. The minimum Gasteiger partial charge on any atom is -0.354 e. The first-order valence-corrected chi connectivity index (χ1v) is 11.8. The smallest absolute Gasteiger partial charge is 0.267 e. The average Bonchev–Trinajstić information content (AvgIpc) is 2.66. The zero-order valence-corrected chi connectivity index (χ0v) is 18.8. The highest BCUT2D eigenvalue weighted by molar-refractivity contribution is 7.89. The highest BCUT2D eigenvalue weighted by Gasteiger charge is 2.22. The number of amides is 1. The van der Waals surface area contributed by atoms with E-state index in [0.29, 0.717) is 17.1 Å². The molecule has 0 atom stereocenters. The molecule has 1 amide bonds. The van der Waals surface area contributed by atoms with Crippen LogP contribution in [0.3, 0.4) is 0 Å². The fourth-order valence-corrected chi connectivity index (χ4v) is 3.95. The van der Waals surface area contributed by atoms with Crippen molar-refractivity contribution in [2.24, 2.45) is 0 Å². The van der Waals surface area contributed by atoms with Crippen LogP contribution in [0.25, 0.3) is 0 Å². The van der Waals surface area contributed by atoms with Gasteiger partial charge >= 0.3 is 0 Å². The number of aromatic nitrogens is 1.